The second-order valence-corrected chi connectivity index (χ2v) is 3.60. The number of aliphatic carboxylic acids is 1. The standard InChI is InChI=1S/C11H20O5/c1-2-9(10(13)14)11(15)16-8-6-4-3-5-7-12/h9,12H,2-8H2,1H3,(H,13,14). The van der Waals surface area contributed by atoms with Crippen LogP contribution < -0.4 is 0 Å². The third-order valence-electron chi connectivity index (χ3n) is 2.29. The quantitative estimate of drug-likeness (QED) is 0.354. The lowest BCUT2D eigenvalue weighted by molar-refractivity contribution is -0.158. The van der Waals surface area contributed by atoms with Gasteiger partial charge < -0.3 is 14.9 Å². The maximum Gasteiger partial charge on any atom is 0.320 e. The van der Waals surface area contributed by atoms with Crippen LogP contribution >= 0.6 is 0 Å². The molecule has 16 heavy (non-hydrogen) atoms. The van der Waals surface area contributed by atoms with Crippen LogP contribution in [0.1, 0.15) is 39.0 Å². The fourth-order valence-electron chi connectivity index (χ4n) is 1.28. The normalized spacial score (nSPS) is 12.1. The third-order valence-corrected chi connectivity index (χ3v) is 2.29. The Bertz CT molecular complexity index is 214. The molecule has 1 unspecified atom stereocenters. The molecule has 0 radical (unpaired) electrons. The zero-order chi connectivity index (χ0) is 12.4. The minimum absolute atomic E-state index is 0.177. The Kier molecular flexibility index (Phi) is 8.52. The minimum Gasteiger partial charge on any atom is -0.481 e. The van der Waals surface area contributed by atoms with Gasteiger partial charge in [-0.15, -0.1) is 0 Å². The largest absolute Gasteiger partial charge is 0.481 e. The molecule has 0 aliphatic heterocycles. The molecule has 0 saturated carbocycles. The van der Waals surface area contributed by atoms with E-state index in [9.17, 15) is 9.59 Å². The van der Waals surface area contributed by atoms with Gasteiger partial charge in [0.05, 0.1) is 6.61 Å². The van der Waals surface area contributed by atoms with Crippen LogP contribution in [0.25, 0.3) is 0 Å². The molecule has 0 heterocycles. The molecule has 0 amide bonds. The monoisotopic (exact) mass is 232 g/mol. The van der Waals surface area contributed by atoms with E-state index >= 15 is 0 Å². The van der Waals surface area contributed by atoms with Crippen molar-refractivity contribution in [2.75, 3.05) is 13.2 Å². The highest BCUT2D eigenvalue weighted by molar-refractivity contribution is 5.93. The summed E-state index contributed by atoms with van der Waals surface area (Å²) in [7, 11) is 0. The van der Waals surface area contributed by atoms with Gasteiger partial charge in [0, 0.05) is 6.61 Å². The van der Waals surface area contributed by atoms with Crippen LogP contribution in [0, 0.1) is 5.92 Å². The van der Waals surface area contributed by atoms with Crippen molar-refractivity contribution in [3.8, 4) is 0 Å². The van der Waals surface area contributed by atoms with Gasteiger partial charge in [-0.1, -0.05) is 13.3 Å². The number of hydrogen-bond donors (Lipinski definition) is 2. The van der Waals surface area contributed by atoms with Crippen molar-refractivity contribution in [2.24, 2.45) is 5.92 Å². The lowest BCUT2D eigenvalue weighted by Gasteiger charge is -2.09. The average molecular weight is 232 g/mol. The molecular weight excluding hydrogens is 212 g/mol. The number of unbranched alkanes of at least 4 members (excludes halogenated alkanes) is 3. The molecule has 0 aromatic heterocycles. The molecular formula is C11H20O5. The van der Waals surface area contributed by atoms with Crippen molar-refractivity contribution >= 4 is 11.9 Å². The Morgan fingerprint density at radius 2 is 1.81 bits per heavy atom. The summed E-state index contributed by atoms with van der Waals surface area (Å²) in [5.41, 5.74) is 0. The van der Waals surface area contributed by atoms with E-state index in [1.54, 1.807) is 6.92 Å². The average Bonchev–Trinajstić information content (AvgIpc) is 2.23. The topological polar surface area (TPSA) is 83.8 Å². The van der Waals surface area contributed by atoms with Crippen LogP contribution in [0.4, 0.5) is 0 Å². The first kappa shape index (κ1) is 14.9. The van der Waals surface area contributed by atoms with Gasteiger partial charge in [0.15, 0.2) is 5.92 Å². The van der Waals surface area contributed by atoms with Crippen LogP contribution in [0.15, 0.2) is 0 Å². The van der Waals surface area contributed by atoms with Gasteiger partial charge in [-0.3, -0.25) is 9.59 Å². The number of carbonyl (C=O) groups is 2. The summed E-state index contributed by atoms with van der Waals surface area (Å²) in [6.45, 7) is 2.08. The molecule has 0 aliphatic rings. The Balaban J connectivity index is 3.60. The second-order valence-electron chi connectivity index (χ2n) is 3.60. The summed E-state index contributed by atoms with van der Waals surface area (Å²) in [6, 6.07) is 0. The van der Waals surface area contributed by atoms with Crippen LogP contribution in [-0.4, -0.2) is 35.4 Å². The van der Waals surface area contributed by atoms with E-state index in [0.29, 0.717) is 6.42 Å². The van der Waals surface area contributed by atoms with Crippen molar-refractivity contribution in [2.45, 2.75) is 39.0 Å². The number of aliphatic hydroxyl groups excluding tert-OH is 1. The van der Waals surface area contributed by atoms with E-state index in [4.69, 9.17) is 14.9 Å². The van der Waals surface area contributed by atoms with Gasteiger partial charge in [-0.05, 0) is 25.7 Å². The Labute approximate surface area is 95.4 Å². The minimum atomic E-state index is -1.13. The second kappa shape index (κ2) is 9.15. The molecule has 94 valence electrons. The molecule has 0 bridgehead atoms. The molecule has 5 heteroatoms. The highest BCUT2D eigenvalue weighted by Gasteiger charge is 2.25. The maximum absolute atomic E-state index is 11.3. The Hall–Kier alpha value is -1.10. The summed E-state index contributed by atoms with van der Waals surface area (Å²) >= 11 is 0. The zero-order valence-electron chi connectivity index (χ0n) is 9.65. The first-order valence-corrected chi connectivity index (χ1v) is 5.63. The van der Waals surface area contributed by atoms with E-state index in [1.165, 1.54) is 0 Å². The molecule has 5 nitrogen and oxygen atoms in total. The zero-order valence-corrected chi connectivity index (χ0v) is 9.65. The van der Waals surface area contributed by atoms with Crippen molar-refractivity contribution in [3.63, 3.8) is 0 Å². The number of aliphatic hydroxyl groups is 1. The summed E-state index contributed by atoms with van der Waals surface area (Å²) in [5.74, 6) is -2.83. The van der Waals surface area contributed by atoms with Gasteiger partial charge >= 0.3 is 11.9 Å². The molecule has 0 spiro atoms. The molecule has 0 fully saturated rings. The molecule has 2 N–H and O–H groups in total. The number of carboxylic acid groups (broad SMARTS) is 1. The molecule has 1 atom stereocenters. The first-order valence-electron chi connectivity index (χ1n) is 5.63. The highest BCUT2D eigenvalue weighted by Crippen LogP contribution is 2.07. The fraction of sp³-hybridized carbons (Fsp3) is 0.818. The summed E-state index contributed by atoms with van der Waals surface area (Å²) in [6.07, 6.45) is 3.48. The summed E-state index contributed by atoms with van der Waals surface area (Å²) < 4.78 is 4.85. The Morgan fingerprint density at radius 1 is 1.19 bits per heavy atom. The number of ether oxygens (including phenoxy) is 1. The number of hydrogen-bond acceptors (Lipinski definition) is 4. The maximum atomic E-state index is 11.3. The molecule has 0 aromatic rings. The number of esters is 1. The molecule has 0 saturated heterocycles. The van der Waals surface area contributed by atoms with Gasteiger partial charge in [-0.25, -0.2) is 0 Å². The van der Waals surface area contributed by atoms with E-state index in [1.807, 2.05) is 0 Å². The van der Waals surface area contributed by atoms with Crippen molar-refractivity contribution in [1.82, 2.24) is 0 Å². The lowest BCUT2D eigenvalue weighted by atomic mass is 10.1. The van der Waals surface area contributed by atoms with Crippen LogP contribution in [-0.2, 0) is 14.3 Å². The van der Waals surface area contributed by atoms with Gasteiger partial charge in [0.1, 0.15) is 0 Å². The molecule has 0 rings (SSSR count). The van der Waals surface area contributed by atoms with E-state index in [-0.39, 0.29) is 19.6 Å². The van der Waals surface area contributed by atoms with Gasteiger partial charge in [0.25, 0.3) is 0 Å². The predicted octanol–water partition coefficient (Wildman–Crippen LogP) is 1.19. The van der Waals surface area contributed by atoms with E-state index in [2.05, 4.69) is 0 Å². The van der Waals surface area contributed by atoms with E-state index in [0.717, 1.165) is 19.3 Å². The SMILES string of the molecule is CCC(C(=O)O)C(=O)OCCCCCCO. The van der Waals surface area contributed by atoms with Crippen molar-refractivity contribution in [1.29, 1.82) is 0 Å². The highest BCUT2D eigenvalue weighted by atomic mass is 16.5. The fourth-order valence-corrected chi connectivity index (χ4v) is 1.28. The number of carbonyl (C=O) groups excluding carboxylic acids is 1. The number of carboxylic acids is 1. The first-order chi connectivity index (χ1) is 7.63. The third kappa shape index (κ3) is 6.40. The van der Waals surface area contributed by atoms with Crippen molar-refractivity contribution < 1.29 is 24.5 Å². The lowest BCUT2D eigenvalue weighted by Crippen LogP contribution is -2.25. The van der Waals surface area contributed by atoms with Crippen LogP contribution in [0.5, 0.6) is 0 Å². The predicted molar refractivity (Wildman–Crippen MR) is 57.9 cm³/mol. The molecule has 0 aromatic carbocycles. The Morgan fingerprint density at radius 3 is 2.31 bits per heavy atom. The summed E-state index contributed by atoms with van der Waals surface area (Å²) in [4.78, 5) is 21.9. The summed E-state index contributed by atoms with van der Waals surface area (Å²) in [5, 5.41) is 17.2. The smallest absolute Gasteiger partial charge is 0.320 e. The van der Waals surface area contributed by atoms with Gasteiger partial charge in [0.2, 0.25) is 0 Å². The van der Waals surface area contributed by atoms with Gasteiger partial charge in [-0.2, -0.15) is 0 Å². The van der Waals surface area contributed by atoms with E-state index < -0.39 is 17.9 Å². The van der Waals surface area contributed by atoms with Crippen LogP contribution in [0.3, 0.4) is 0 Å². The number of rotatable bonds is 9. The van der Waals surface area contributed by atoms with Crippen LogP contribution in [0.2, 0.25) is 0 Å². The molecule has 0 aliphatic carbocycles. The van der Waals surface area contributed by atoms with Crippen molar-refractivity contribution in [3.05, 3.63) is 0 Å².